The molecule has 0 fully saturated rings. The van der Waals surface area contributed by atoms with Crippen LogP contribution in [0.1, 0.15) is 39.2 Å². The summed E-state index contributed by atoms with van der Waals surface area (Å²) in [7, 11) is 0. The van der Waals surface area contributed by atoms with E-state index in [0.29, 0.717) is 5.92 Å². The van der Waals surface area contributed by atoms with Crippen molar-refractivity contribution in [1.29, 1.82) is 0 Å². The predicted molar refractivity (Wildman–Crippen MR) is 75.5 cm³/mol. The molecule has 0 radical (unpaired) electrons. The van der Waals surface area contributed by atoms with Crippen molar-refractivity contribution in [3.63, 3.8) is 0 Å². The molecule has 2 heteroatoms. The highest BCUT2D eigenvalue weighted by molar-refractivity contribution is 5.43. The van der Waals surface area contributed by atoms with E-state index < -0.39 is 0 Å². The Balaban J connectivity index is 2.65. The minimum atomic E-state index is -0.335. The van der Waals surface area contributed by atoms with E-state index in [1.807, 2.05) is 24.3 Å². The number of hydrogen-bond donors (Lipinski definition) is 0. The Morgan fingerprint density at radius 2 is 1.94 bits per heavy atom. The Labute approximate surface area is 109 Å². The van der Waals surface area contributed by atoms with Gasteiger partial charge in [-0.3, -0.25) is 9.36 Å². The van der Waals surface area contributed by atoms with Crippen molar-refractivity contribution < 1.29 is 1.37 Å². The minimum Gasteiger partial charge on any atom is -0.284 e. The van der Waals surface area contributed by atoms with Crippen molar-refractivity contribution in [1.82, 2.24) is 4.57 Å². The fourth-order valence-electron chi connectivity index (χ4n) is 2.06. The lowest BCUT2D eigenvalue weighted by Gasteiger charge is -2.15. The van der Waals surface area contributed by atoms with Crippen LogP contribution in [0.25, 0.3) is 5.69 Å². The van der Waals surface area contributed by atoms with Crippen LogP contribution in [0.4, 0.5) is 0 Å². The first-order valence-corrected chi connectivity index (χ1v) is 6.25. The van der Waals surface area contributed by atoms with Gasteiger partial charge in [0.15, 0.2) is 0 Å². The van der Waals surface area contributed by atoms with Crippen molar-refractivity contribution in [2.75, 3.05) is 0 Å². The van der Waals surface area contributed by atoms with Gasteiger partial charge in [0, 0.05) is 13.6 Å². The molecule has 2 rings (SSSR count). The first-order valence-electron chi connectivity index (χ1n) is 6.82. The van der Waals surface area contributed by atoms with Gasteiger partial charge in [-0.25, -0.2) is 0 Å². The third-order valence-corrected chi connectivity index (χ3v) is 3.09. The van der Waals surface area contributed by atoms with Crippen molar-refractivity contribution in [2.24, 2.45) is 0 Å². The van der Waals surface area contributed by atoms with Gasteiger partial charge in [0.05, 0.1) is 5.69 Å². The van der Waals surface area contributed by atoms with Gasteiger partial charge in [-0.15, -0.1) is 0 Å². The molecule has 0 bridgehead atoms. The van der Waals surface area contributed by atoms with Crippen LogP contribution in [0.3, 0.4) is 0 Å². The number of aromatic nitrogens is 1. The van der Waals surface area contributed by atoms with E-state index in [-0.39, 0.29) is 12.0 Å². The molecular formula is C16H19NO. The quantitative estimate of drug-likeness (QED) is 0.807. The molecule has 2 aromatic rings. The highest BCUT2D eigenvalue weighted by Gasteiger charge is 2.08. The average molecular weight is 242 g/mol. The van der Waals surface area contributed by atoms with Gasteiger partial charge in [-0.1, -0.05) is 45.0 Å². The van der Waals surface area contributed by atoms with Crippen molar-refractivity contribution in [2.45, 2.75) is 33.1 Å². The second-order valence-corrected chi connectivity index (χ2v) is 4.67. The summed E-state index contributed by atoms with van der Waals surface area (Å²) in [6, 6.07) is 11.2. The highest BCUT2D eigenvalue weighted by Crippen LogP contribution is 2.21. The molecule has 2 nitrogen and oxygen atoms in total. The van der Waals surface area contributed by atoms with E-state index in [1.54, 1.807) is 23.8 Å². The van der Waals surface area contributed by atoms with E-state index >= 15 is 0 Å². The second-order valence-electron chi connectivity index (χ2n) is 4.67. The molecule has 0 aliphatic rings. The Kier molecular flexibility index (Phi) is 3.26. The molecule has 0 saturated carbocycles. The monoisotopic (exact) mass is 242 g/mol. The van der Waals surface area contributed by atoms with Crippen LogP contribution < -0.4 is 5.56 Å². The summed E-state index contributed by atoms with van der Waals surface area (Å²) in [5, 5.41) is 0. The zero-order valence-electron chi connectivity index (χ0n) is 12.1. The summed E-state index contributed by atoms with van der Waals surface area (Å²) < 4.78 is 9.42. The van der Waals surface area contributed by atoms with Crippen LogP contribution in [-0.2, 0) is 6.40 Å². The molecule has 1 aromatic heterocycles. The van der Waals surface area contributed by atoms with Gasteiger partial charge in [0.2, 0.25) is 0 Å². The van der Waals surface area contributed by atoms with E-state index in [1.165, 1.54) is 6.07 Å². The third kappa shape index (κ3) is 2.37. The van der Waals surface area contributed by atoms with Crippen LogP contribution >= 0.6 is 0 Å². The summed E-state index contributed by atoms with van der Waals surface area (Å²) in [6.45, 7) is 6.03. The largest absolute Gasteiger partial charge is 0.284 e. The van der Waals surface area contributed by atoms with Gasteiger partial charge >= 0.3 is 0 Å². The zero-order valence-corrected chi connectivity index (χ0v) is 11.1. The van der Waals surface area contributed by atoms with Gasteiger partial charge in [-0.05, 0) is 29.5 Å². The second kappa shape index (κ2) is 5.21. The standard InChI is InChI=1S/C16H19NO/c1-4-13-9-10-16(18)17(11-13)15-8-6-5-7-14(15)12(2)3/h5-12H,4H2,1-3H3/i4D. The molecule has 0 N–H and O–H groups in total. The number of aryl methyl sites for hydroxylation is 1. The van der Waals surface area contributed by atoms with Gasteiger partial charge in [0.25, 0.3) is 5.56 Å². The number of hydrogen-bond acceptors (Lipinski definition) is 1. The lowest BCUT2D eigenvalue weighted by Crippen LogP contribution is -2.18. The Morgan fingerprint density at radius 3 is 2.61 bits per heavy atom. The summed E-state index contributed by atoms with van der Waals surface area (Å²) >= 11 is 0. The molecule has 18 heavy (non-hydrogen) atoms. The fraction of sp³-hybridized carbons (Fsp3) is 0.312. The molecule has 1 heterocycles. The normalized spacial score (nSPS) is 13.4. The molecule has 94 valence electrons. The lowest BCUT2D eigenvalue weighted by atomic mass is 10.0. The molecule has 0 saturated heterocycles. The number of nitrogens with zero attached hydrogens (tertiary/aromatic N) is 1. The first-order chi connectivity index (χ1) is 9.00. The average Bonchev–Trinajstić information content (AvgIpc) is 2.39. The van der Waals surface area contributed by atoms with Crippen molar-refractivity contribution >= 4 is 0 Å². The first kappa shape index (κ1) is 11.3. The van der Waals surface area contributed by atoms with Crippen molar-refractivity contribution in [3.8, 4) is 5.69 Å². The molecule has 0 spiro atoms. The van der Waals surface area contributed by atoms with Crippen LogP contribution in [-0.4, -0.2) is 4.57 Å². The maximum Gasteiger partial charge on any atom is 0.255 e. The number of rotatable bonds is 3. The van der Waals surface area contributed by atoms with Gasteiger partial charge in [-0.2, -0.15) is 0 Å². The maximum absolute atomic E-state index is 12.1. The molecule has 0 aliphatic carbocycles. The summed E-state index contributed by atoms with van der Waals surface area (Å²) in [5.74, 6) is 0.347. The smallest absolute Gasteiger partial charge is 0.255 e. The maximum atomic E-state index is 12.1. The van der Waals surface area contributed by atoms with Gasteiger partial charge in [0.1, 0.15) is 0 Å². The molecule has 1 atom stereocenters. The van der Waals surface area contributed by atoms with Gasteiger partial charge < -0.3 is 0 Å². The lowest BCUT2D eigenvalue weighted by molar-refractivity contribution is 0.834. The van der Waals surface area contributed by atoms with Crippen LogP contribution in [0.15, 0.2) is 47.4 Å². The summed E-state index contributed by atoms with van der Waals surface area (Å²) in [5.41, 5.74) is 2.83. The highest BCUT2D eigenvalue weighted by atomic mass is 16.1. The van der Waals surface area contributed by atoms with Crippen LogP contribution in [0.2, 0.25) is 0 Å². The Hall–Kier alpha value is -1.83. The van der Waals surface area contributed by atoms with Crippen LogP contribution in [0.5, 0.6) is 0 Å². The van der Waals surface area contributed by atoms with E-state index in [2.05, 4.69) is 13.8 Å². The van der Waals surface area contributed by atoms with E-state index in [0.717, 1.165) is 16.8 Å². The zero-order chi connectivity index (χ0) is 14.0. The number of para-hydroxylation sites is 1. The summed E-state index contributed by atoms with van der Waals surface area (Å²) in [4.78, 5) is 12.1. The van der Waals surface area contributed by atoms with E-state index in [4.69, 9.17) is 1.37 Å². The fourth-order valence-corrected chi connectivity index (χ4v) is 2.06. The van der Waals surface area contributed by atoms with E-state index in [9.17, 15) is 4.79 Å². The van der Waals surface area contributed by atoms with Crippen molar-refractivity contribution in [3.05, 3.63) is 64.1 Å². The molecule has 1 aromatic carbocycles. The summed E-state index contributed by atoms with van der Waals surface area (Å²) in [6.07, 6.45) is 1.44. The SMILES string of the molecule is [2H]C(C)c1ccc(=O)n(-c2ccccc2C(C)C)c1. The number of benzene rings is 1. The molecule has 1 unspecified atom stereocenters. The molecule has 0 aliphatic heterocycles. The molecule has 0 amide bonds. The predicted octanol–water partition coefficient (Wildman–Crippen LogP) is 3.52. The van der Waals surface area contributed by atoms with Crippen LogP contribution in [0, 0.1) is 0 Å². The number of pyridine rings is 1. The molecular weight excluding hydrogens is 222 g/mol. The Bertz CT molecular complexity index is 629. The Morgan fingerprint density at radius 1 is 1.22 bits per heavy atom. The topological polar surface area (TPSA) is 22.0 Å². The minimum absolute atomic E-state index is 0.0579. The third-order valence-electron chi connectivity index (χ3n) is 3.09.